The molecule has 0 radical (unpaired) electrons. The third-order valence-electron chi connectivity index (χ3n) is 8.10. The minimum atomic E-state index is -0.239. The highest BCUT2D eigenvalue weighted by atomic mass is 16.6. The first kappa shape index (κ1) is 25.9. The van der Waals surface area contributed by atoms with Crippen molar-refractivity contribution in [3.8, 4) is 22.6 Å². The van der Waals surface area contributed by atoms with Gasteiger partial charge in [0, 0.05) is 42.0 Å². The number of hydrogen-bond donors (Lipinski definition) is 0. The zero-order chi connectivity index (χ0) is 28.3. The van der Waals surface area contributed by atoms with Crippen molar-refractivity contribution < 1.29 is 9.53 Å². The van der Waals surface area contributed by atoms with Gasteiger partial charge in [-0.3, -0.25) is 9.38 Å². The Morgan fingerprint density at radius 2 is 1.62 bits per heavy atom. The molecule has 1 aliphatic heterocycles. The summed E-state index contributed by atoms with van der Waals surface area (Å²) >= 11 is 0. The summed E-state index contributed by atoms with van der Waals surface area (Å²) in [7, 11) is 0. The van der Waals surface area contributed by atoms with Gasteiger partial charge < -0.3 is 9.64 Å². The van der Waals surface area contributed by atoms with Crippen LogP contribution in [0.2, 0.25) is 0 Å². The molecule has 7 nitrogen and oxygen atoms in total. The molecule has 0 bridgehead atoms. The predicted molar refractivity (Wildman–Crippen MR) is 164 cm³/mol. The average molecular weight is 554 g/mol. The first-order valence-corrected chi connectivity index (χ1v) is 14.4. The lowest BCUT2D eigenvalue weighted by Crippen LogP contribution is -2.39. The molecule has 208 valence electrons. The van der Waals surface area contributed by atoms with Crippen LogP contribution in [0.15, 0.2) is 110 Å². The third-order valence-corrected chi connectivity index (χ3v) is 8.10. The van der Waals surface area contributed by atoms with Crippen molar-refractivity contribution in [3.63, 3.8) is 0 Å². The molecule has 0 atom stereocenters. The van der Waals surface area contributed by atoms with Gasteiger partial charge in [-0.15, -0.1) is 0 Å². The number of rotatable bonds is 6. The molecule has 0 spiro atoms. The number of ether oxygens (including phenoxy) is 1. The number of carbonyl (C=O) groups excluding carboxylic acids is 1. The first-order chi connectivity index (χ1) is 20.7. The SMILES string of the molecule is O=C(OCc1ccccc1)N1CCC(Cc2nc(-c3ccc4ccc(-c5ccccc5)nc4c3)n3ccncc23)CC1. The second-order valence-electron chi connectivity index (χ2n) is 10.9. The monoisotopic (exact) mass is 553 g/mol. The van der Waals surface area contributed by atoms with Crippen LogP contribution in [0.3, 0.4) is 0 Å². The Morgan fingerprint density at radius 3 is 2.43 bits per heavy atom. The van der Waals surface area contributed by atoms with Gasteiger partial charge in [0.15, 0.2) is 0 Å². The fourth-order valence-corrected chi connectivity index (χ4v) is 5.78. The highest BCUT2D eigenvalue weighted by molar-refractivity contribution is 5.85. The number of fused-ring (bicyclic) bond motifs is 2. The number of imidazole rings is 1. The summed E-state index contributed by atoms with van der Waals surface area (Å²) in [5, 5.41) is 1.09. The van der Waals surface area contributed by atoms with E-state index in [-0.39, 0.29) is 6.09 Å². The van der Waals surface area contributed by atoms with Crippen molar-refractivity contribution in [2.75, 3.05) is 13.1 Å². The molecule has 42 heavy (non-hydrogen) atoms. The van der Waals surface area contributed by atoms with E-state index in [9.17, 15) is 4.79 Å². The molecule has 1 saturated heterocycles. The van der Waals surface area contributed by atoms with Gasteiger partial charge in [-0.25, -0.2) is 14.8 Å². The molecule has 1 aliphatic rings. The molecule has 7 heteroatoms. The second kappa shape index (κ2) is 11.4. The summed E-state index contributed by atoms with van der Waals surface area (Å²) in [6.07, 6.45) is 8.10. The van der Waals surface area contributed by atoms with Crippen LogP contribution in [0.4, 0.5) is 4.79 Å². The maximum absolute atomic E-state index is 12.6. The van der Waals surface area contributed by atoms with E-state index in [1.54, 1.807) is 6.20 Å². The Kier molecular flexibility index (Phi) is 7.06. The van der Waals surface area contributed by atoms with E-state index in [1.165, 1.54) is 0 Å². The molecular weight excluding hydrogens is 522 g/mol. The second-order valence-corrected chi connectivity index (χ2v) is 10.9. The highest BCUT2D eigenvalue weighted by Gasteiger charge is 2.26. The van der Waals surface area contributed by atoms with E-state index < -0.39 is 0 Å². The molecule has 0 aliphatic carbocycles. The highest BCUT2D eigenvalue weighted by Crippen LogP contribution is 2.30. The van der Waals surface area contributed by atoms with Gasteiger partial charge in [0.2, 0.25) is 0 Å². The molecule has 0 N–H and O–H groups in total. The van der Waals surface area contributed by atoms with Gasteiger partial charge in [-0.05, 0) is 42.9 Å². The van der Waals surface area contributed by atoms with E-state index in [1.807, 2.05) is 65.8 Å². The molecule has 1 fully saturated rings. The molecule has 6 aromatic rings. The maximum atomic E-state index is 12.6. The number of amides is 1. The molecule has 3 aromatic heterocycles. The lowest BCUT2D eigenvalue weighted by molar-refractivity contribution is 0.0823. The average Bonchev–Trinajstić information content (AvgIpc) is 3.42. The largest absolute Gasteiger partial charge is 0.445 e. The number of hydrogen-bond acceptors (Lipinski definition) is 5. The van der Waals surface area contributed by atoms with Crippen molar-refractivity contribution in [3.05, 3.63) is 121 Å². The minimum Gasteiger partial charge on any atom is -0.445 e. The Balaban J connectivity index is 1.08. The summed E-state index contributed by atoms with van der Waals surface area (Å²) in [4.78, 5) is 29.0. The topological polar surface area (TPSA) is 72.6 Å². The van der Waals surface area contributed by atoms with Gasteiger partial charge in [-0.1, -0.05) is 78.9 Å². The minimum absolute atomic E-state index is 0.239. The van der Waals surface area contributed by atoms with Gasteiger partial charge in [0.1, 0.15) is 12.4 Å². The van der Waals surface area contributed by atoms with Gasteiger partial charge in [-0.2, -0.15) is 0 Å². The predicted octanol–water partition coefficient (Wildman–Crippen LogP) is 7.20. The molecule has 7 rings (SSSR count). The summed E-state index contributed by atoms with van der Waals surface area (Å²) in [6.45, 7) is 1.68. The fraction of sp³-hybridized carbons (Fsp3) is 0.200. The van der Waals surface area contributed by atoms with E-state index in [4.69, 9.17) is 14.7 Å². The number of likely N-dealkylation sites (tertiary alicyclic amines) is 1. The van der Waals surface area contributed by atoms with Crippen LogP contribution in [-0.4, -0.2) is 43.4 Å². The number of piperidine rings is 1. The van der Waals surface area contributed by atoms with Crippen LogP contribution in [-0.2, 0) is 17.8 Å². The van der Waals surface area contributed by atoms with E-state index in [0.717, 1.165) is 69.6 Å². The summed E-state index contributed by atoms with van der Waals surface area (Å²) in [5.41, 5.74) is 7.05. The number of carbonyl (C=O) groups is 1. The molecule has 1 amide bonds. The van der Waals surface area contributed by atoms with Gasteiger partial charge in [0.25, 0.3) is 0 Å². The summed E-state index contributed by atoms with van der Waals surface area (Å²) < 4.78 is 7.68. The van der Waals surface area contributed by atoms with Crippen molar-refractivity contribution in [2.45, 2.75) is 25.9 Å². The van der Waals surface area contributed by atoms with Crippen molar-refractivity contribution in [1.29, 1.82) is 0 Å². The normalized spacial score (nSPS) is 14.0. The van der Waals surface area contributed by atoms with Gasteiger partial charge in [0.05, 0.1) is 28.6 Å². The van der Waals surface area contributed by atoms with E-state index in [2.05, 4.69) is 51.8 Å². The smallest absolute Gasteiger partial charge is 0.410 e. The maximum Gasteiger partial charge on any atom is 0.410 e. The van der Waals surface area contributed by atoms with Crippen LogP contribution in [0.1, 0.15) is 24.1 Å². The van der Waals surface area contributed by atoms with Crippen LogP contribution in [0.5, 0.6) is 0 Å². The standard InChI is InChI=1S/C35H31N5O2/c41-35(42-24-26-7-3-1-4-8-26)39-18-15-25(16-19-39)21-32-33-23-36-17-20-40(33)34(38-32)29-12-11-28-13-14-30(37-31(28)22-29)27-9-5-2-6-10-27/h1-14,17,20,22-23,25H,15-16,18-19,21,24H2. The lowest BCUT2D eigenvalue weighted by Gasteiger charge is -2.31. The number of pyridine rings is 1. The number of benzene rings is 3. The van der Waals surface area contributed by atoms with Crippen molar-refractivity contribution >= 4 is 22.5 Å². The van der Waals surface area contributed by atoms with Crippen molar-refractivity contribution in [1.82, 2.24) is 24.3 Å². The molecular formula is C35H31N5O2. The van der Waals surface area contributed by atoms with Crippen molar-refractivity contribution in [2.24, 2.45) is 5.92 Å². The van der Waals surface area contributed by atoms with Crippen LogP contribution in [0.25, 0.3) is 39.1 Å². The Morgan fingerprint density at radius 1 is 0.857 bits per heavy atom. The zero-order valence-electron chi connectivity index (χ0n) is 23.3. The quantitative estimate of drug-likeness (QED) is 0.218. The van der Waals surface area contributed by atoms with Gasteiger partial charge >= 0.3 is 6.09 Å². The summed E-state index contributed by atoms with van der Waals surface area (Å²) in [5.74, 6) is 1.32. The Labute approximate surface area is 244 Å². The molecule has 3 aromatic carbocycles. The molecule has 0 saturated carbocycles. The molecule has 0 unspecified atom stereocenters. The zero-order valence-corrected chi connectivity index (χ0v) is 23.3. The fourth-order valence-electron chi connectivity index (χ4n) is 5.78. The lowest BCUT2D eigenvalue weighted by atomic mass is 9.92. The third kappa shape index (κ3) is 5.33. The van der Waals surface area contributed by atoms with E-state index in [0.29, 0.717) is 25.6 Å². The van der Waals surface area contributed by atoms with Crippen LogP contribution in [0, 0.1) is 5.92 Å². The number of aromatic nitrogens is 4. The van der Waals surface area contributed by atoms with E-state index >= 15 is 0 Å². The Bertz CT molecular complexity index is 1840. The number of nitrogens with zero attached hydrogens (tertiary/aromatic N) is 5. The summed E-state index contributed by atoms with van der Waals surface area (Å²) in [6, 6.07) is 30.6. The Hall–Kier alpha value is -5.04. The first-order valence-electron chi connectivity index (χ1n) is 14.4. The van der Waals surface area contributed by atoms with Crippen LogP contribution >= 0.6 is 0 Å². The molecule has 4 heterocycles. The van der Waals surface area contributed by atoms with Crippen LogP contribution < -0.4 is 0 Å².